The molecule has 10 heteroatoms. The van der Waals surface area contributed by atoms with Crippen LogP contribution in [0.1, 0.15) is 36.7 Å². The van der Waals surface area contributed by atoms with E-state index in [1.54, 1.807) is 19.2 Å². The molecule has 0 bridgehead atoms. The molecule has 0 spiro atoms. The topological polar surface area (TPSA) is 141 Å². The highest BCUT2D eigenvalue weighted by atomic mass is 32.2. The lowest BCUT2D eigenvalue weighted by Crippen LogP contribution is -2.26. The SMILES string of the molecule is COc1cc(CNCC(C)(C)C)ccc1Oc1ccc(C(N)=O)cn1.CS(=O)(=O)O. The quantitative estimate of drug-likeness (QED) is 0.559. The first-order valence-electron chi connectivity index (χ1n) is 9.02. The number of hydrogen-bond donors (Lipinski definition) is 3. The Bertz CT molecular complexity index is 930. The van der Waals surface area contributed by atoms with Gasteiger partial charge in [0.2, 0.25) is 11.8 Å². The molecule has 1 amide bonds. The van der Waals surface area contributed by atoms with Gasteiger partial charge in [0, 0.05) is 25.4 Å². The van der Waals surface area contributed by atoms with Crippen molar-refractivity contribution in [3.05, 3.63) is 47.7 Å². The Morgan fingerprint density at radius 1 is 1.20 bits per heavy atom. The maximum Gasteiger partial charge on any atom is 0.261 e. The number of nitrogens with one attached hydrogen (secondary N) is 1. The van der Waals surface area contributed by atoms with E-state index in [1.165, 1.54) is 6.20 Å². The van der Waals surface area contributed by atoms with E-state index < -0.39 is 16.0 Å². The molecule has 0 saturated carbocycles. The Morgan fingerprint density at radius 3 is 2.30 bits per heavy atom. The largest absolute Gasteiger partial charge is 0.493 e. The van der Waals surface area contributed by atoms with Crippen molar-refractivity contribution in [2.24, 2.45) is 11.1 Å². The zero-order valence-corrected chi connectivity index (χ0v) is 18.6. The van der Waals surface area contributed by atoms with Crippen LogP contribution in [0.5, 0.6) is 17.4 Å². The molecular formula is C20H29N3O6S. The van der Waals surface area contributed by atoms with Crippen LogP contribution in [0.3, 0.4) is 0 Å². The Morgan fingerprint density at radius 2 is 1.83 bits per heavy atom. The standard InChI is InChI=1S/C19H25N3O3.CH4O3S/c1-19(2,3)12-21-10-13-5-7-15(16(9-13)24-4)25-17-8-6-14(11-22-17)18(20)23;1-5(2,3)4/h5-9,11,21H,10,12H2,1-4H3,(H2,20,23);1H3,(H,2,3,4). The number of methoxy groups -OCH3 is 1. The number of rotatable bonds is 7. The number of carbonyl (C=O) groups is 1. The third-order valence-corrected chi connectivity index (χ3v) is 3.45. The van der Waals surface area contributed by atoms with Gasteiger partial charge in [-0.1, -0.05) is 26.8 Å². The number of nitrogens with zero attached hydrogens (tertiary/aromatic N) is 1. The minimum atomic E-state index is -3.67. The summed E-state index contributed by atoms with van der Waals surface area (Å²) in [5.74, 6) is 1.02. The van der Waals surface area contributed by atoms with E-state index in [1.807, 2.05) is 18.2 Å². The van der Waals surface area contributed by atoms with Crippen molar-refractivity contribution >= 4 is 16.0 Å². The fourth-order valence-corrected chi connectivity index (χ4v) is 2.19. The van der Waals surface area contributed by atoms with Crippen LogP contribution < -0.4 is 20.5 Å². The van der Waals surface area contributed by atoms with Gasteiger partial charge in [0.25, 0.3) is 10.1 Å². The lowest BCUT2D eigenvalue weighted by atomic mass is 9.97. The second-order valence-electron chi connectivity index (χ2n) is 7.73. The number of nitrogens with two attached hydrogens (primary N) is 1. The number of amides is 1. The minimum absolute atomic E-state index is 0.232. The van der Waals surface area contributed by atoms with Crippen LogP contribution >= 0.6 is 0 Å². The molecule has 1 aromatic carbocycles. The predicted molar refractivity (Wildman–Crippen MR) is 114 cm³/mol. The number of pyridine rings is 1. The summed E-state index contributed by atoms with van der Waals surface area (Å²) < 4.78 is 37.0. The molecule has 0 aliphatic heterocycles. The molecule has 0 fully saturated rings. The number of benzene rings is 1. The first-order chi connectivity index (χ1) is 13.8. The molecule has 0 aliphatic rings. The lowest BCUT2D eigenvalue weighted by molar-refractivity contribution is 0.1000. The van der Waals surface area contributed by atoms with Crippen molar-refractivity contribution in [2.45, 2.75) is 27.3 Å². The van der Waals surface area contributed by atoms with Crippen molar-refractivity contribution < 1.29 is 27.2 Å². The molecular weight excluding hydrogens is 410 g/mol. The van der Waals surface area contributed by atoms with Crippen molar-refractivity contribution in [2.75, 3.05) is 19.9 Å². The second-order valence-corrected chi connectivity index (χ2v) is 9.20. The van der Waals surface area contributed by atoms with Gasteiger partial charge in [-0.2, -0.15) is 8.42 Å². The minimum Gasteiger partial charge on any atom is -0.493 e. The van der Waals surface area contributed by atoms with Crippen LogP contribution in [0.15, 0.2) is 36.5 Å². The highest BCUT2D eigenvalue weighted by molar-refractivity contribution is 7.85. The summed E-state index contributed by atoms with van der Waals surface area (Å²) >= 11 is 0. The highest BCUT2D eigenvalue weighted by Gasteiger charge is 2.11. The summed E-state index contributed by atoms with van der Waals surface area (Å²) in [4.78, 5) is 15.2. The highest BCUT2D eigenvalue weighted by Crippen LogP contribution is 2.31. The molecule has 1 heterocycles. The number of ether oxygens (including phenoxy) is 2. The average molecular weight is 440 g/mol. The van der Waals surface area contributed by atoms with E-state index in [0.29, 0.717) is 29.2 Å². The molecule has 166 valence electrons. The van der Waals surface area contributed by atoms with Gasteiger partial charge in [-0.15, -0.1) is 0 Å². The third-order valence-electron chi connectivity index (χ3n) is 3.45. The third kappa shape index (κ3) is 10.7. The summed E-state index contributed by atoms with van der Waals surface area (Å²) in [6.45, 7) is 8.24. The van der Waals surface area contributed by atoms with Crippen molar-refractivity contribution in [3.63, 3.8) is 0 Å². The van der Waals surface area contributed by atoms with E-state index >= 15 is 0 Å². The summed E-state index contributed by atoms with van der Waals surface area (Å²) in [5.41, 5.74) is 6.87. The smallest absolute Gasteiger partial charge is 0.261 e. The van der Waals surface area contributed by atoms with E-state index in [-0.39, 0.29) is 5.41 Å². The average Bonchev–Trinajstić information content (AvgIpc) is 2.61. The Balaban J connectivity index is 0.000000804. The summed E-state index contributed by atoms with van der Waals surface area (Å²) in [7, 11) is -2.07. The zero-order valence-electron chi connectivity index (χ0n) is 17.8. The molecule has 1 aromatic heterocycles. The van der Waals surface area contributed by atoms with Gasteiger partial charge in [-0.05, 0) is 29.2 Å². The molecule has 0 saturated heterocycles. The monoisotopic (exact) mass is 439 g/mol. The van der Waals surface area contributed by atoms with Gasteiger partial charge in [0.1, 0.15) is 0 Å². The number of hydrogen-bond acceptors (Lipinski definition) is 7. The van der Waals surface area contributed by atoms with Crippen LogP contribution in [-0.4, -0.2) is 43.8 Å². The molecule has 30 heavy (non-hydrogen) atoms. The molecule has 0 aliphatic carbocycles. The summed E-state index contributed by atoms with van der Waals surface area (Å²) in [6.07, 6.45) is 2.10. The van der Waals surface area contributed by atoms with Gasteiger partial charge >= 0.3 is 0 Å². The van der Waals surface area contributed by atoms with Crippen molar-refractivity contribution in [1.29, 1.82) is 0 Å². The predicted octanol–water partition coefficient (Wildman–Crippen LogP) is 2.62. The summed E-state index contributed by atoms with van der Waals surface area (Å²) in [6, 6.07) is 8.92. The fraction of sp³-hybridized carbons (Fsp3) is 0.400. The fourth-order valence-electron chi connectivity index (χ4n) is 2.19. The first kappa shape index (κ1) is 25.3. The van der Waals surface area contributed by atoms with Gasteiger partial charge in [0.15, 0.2) is 11.5 Å². The van der Waals surface area contributed by atoms with Gasteiger partial charge in [0.05, 0.1) is 18.9 Å². The van der Waals surface area contributed by atoms with E-state index in [9.17, 15) is 13.2 Å². The molecule has 9 nitrogen and oxygen atoms in total. The lowest BCUT2D eigenvalue weighted by Gasteiger charge is -2.19. The maximum absolute atomic E-state index is 11.1. The van der Waals surface area contributed by atoms with Crippen LogP contribution in [0.4, 0.5) is 0 Å². The zero-order chi connectivity index (χ0) is 22.9. The number of aromatic nitrogens is 1. The van der Waals surface area contributed by atoms with Crippen molar-refractivity contribution in [1.82, 2.24) is 10.3 Å². The van der Waals surface area contributed by atoms with Crippen LogP contribution in [0.25, 0.3) is 0 Å². The summed E-state index contributed by atoms with van der Waals surface area (Å²) in [5, 5.41) is 3.43. The molecule has 0 atom stereocenters. The van der Waals surface area contributed by atoms with Crippen molar-refractivity contribution in [3.8, 4) is 17.4 Å². The van der Waals surface area contributed by atoms with E-state index in [4.69, 9.17) is 19.8 Å². The molecule has 0 radical (unpaired) electrons. The number of carbonyl (C=O) groups excluding carboxylic acids is 1. The second kappa shape index (κ2) is 10.9. The van der Waals surface area contributed by atoms with Gasteiger partial charge < -0.3 is 20.5 Å². The molecule has 4 N–H and O–H groups in total. The van der Waals surface area contributed by atoms with Crippen LogP contribution in [-0.2, 0) is 16.7 Å². The van der Waals surface area contributed by atoms with E-state index in [0.717, 1.165) is 18.7 Å². The molecule has 2 rings (SSSR count). The molecule has 2 aromatic rings. The Kier molecular flexibility index (Phi) is 9.22. The van der Waals surface area contributed by atoms with Crippen LogP contribution in [0.2, 0.25) is 0 Å². The number of primary amides is 1. The normalized spacial score (nSPS) is 11.3. The Hall–Kier alpha value is -2.69. The van der Waals surface area contributed by atoms with Gasteiger partial charge in [-0.3, -0.25) is 9.35 Å². The first-order valence-corrected chi connectivity index (χ1v) is 10.9. The van der Waals surface area contributed by atoms with E-state index in [2.05, 4.69) is 31.1 Å². The molecule has 0 unspecified atom stereocenters. The maximum atomic E-state index is 11.1. The Labute approximate surface area is 177 Å². The van der Waals surface area contributed by atoms with Gasteiger partial charge in [-0.25, -0.2) is 4.98 Å². The van der Waals surface area contributed by atoms with Crippen LogP contribution in [0, 0.1) is 5.41 Å².